The third-order valence-corrected chi connectivity index (χ3v) is 8.58. The van der Waals surface area contributed by atoms with E-state index in [2.05, 4.69) is 20.6 Å². The summed E-state index contributed by atoms with van der Waals surface area (Å²) in [7, 11) is 0. The SMILES string of the molecule is CCC1=C(C)C(=O)N/C1=C\c1[nH]c(Cc2[nH]c(/C=C3\NC(=O)C(C)=C3CC)c(CCC(=O)O)c2C)c(C)c1CCC(=O)O. The van der Waals surface area contributed by atoms with Crippen molar-refractivity contribution in [1.82, 2.24) is 20.6 Å². The molecule has 4 heterocycles. The summed E-state index contributed by atoms with van der Waals surface area (Å²) in [6, 6.07) is 0. The van der Waals surface area contributed by atoms with E-state index in [9.17, 15) is 29.4 Å². The highest BCUT2D eigenvalue weighted by atomic mass is 16.4. The fourth-order valence-electron chi connectivity index (χ4n) is 6.02. The van der Waals surface area contributed by atoms with E-state index in [0.29, 0.717) is 54.6 Å². The van der Waals surface area contributed by atoms with Gasteiger partial charge in [0, 0.05) is 64.6 Å². The number of carbonyl (C=O) groups excluding carboxylic acids is 2. The minimum absolute atomic E-state index is 0.0346. The zero-order valence-corrected chi connectivity index (χ0v) is 25.6. The minimum atomic E-state index is -0.893. The number of aromatic amines is 2. The molecule has 0 radical (unpaired) electrons. The van der Waals surface area contributed by atoms with Crippen LogP contribution in [0.15, 0.2) is 33.7 Å². The van der Waals surface area contributed by atoms with Crippen molar-refractivity contribution in [3.05, 3.63) is 78.7 Å². The van der Waals surface area contributed by atoms with Crippen LogP contribution in [0.4, 0.5) is 0 Å². The summed E-state index contributed by atoms with van der Waals surface area (Å²) in [4.78, 5) is 54.6. The predicted molar refractivity (Wildman–Crippen MR) is 164 cm³/mol. The third kappa shape index (κ3) is 6.43. The molecule has 0 aliphatic carbocycles. The number of nitrogens with one attached hydrogen (secondary N) is 4. The lowest BCUT2D eigenvalue weighted by Gasteiger charge is -2.05. The molecule has 4 rings (SSSR count). The monoisotopic (exact) mass is 588 g/mol. The molecule has 10 nitrogen and oxygen atoms in total. The van der Waals surface area contributed by atoms with Gasteiger partial charge in [0.15, 0.2) is 0 Å². The maximum Gasteiger partial charge on any atom is 0.303 e. The van der Waals surface area contributed by atoms with Gasteiger partial charge in [-0.1, -0.05) is 13.8 Å². The normalized spacial score (nSPS) is 17.1. The summed E-state index contributed by atoms with van der Waals surface area (Å²) in [6.45, 7) is 11.5. The first-order valence-corrected chi connectivity index (χ1v) is 14.7. The first kappa shape index (κ1) is 31.3. The molecule has 2 aromatic heterocycles. The Morgan fingerprint density at radius 3 is 1.37 bits per heavy atom. The minimum Gasteiger partial charge on any atom is -0.481 e. The number of carboxylic acid groups (broad SMARTS) is 2. The molecule has 2 amide bonds. The average molecular weight is 589 g/mol. The van der Waals surface area contributed by atoms with Gasteiger partial charge in [-0.15, -0.1) is 0 Å². The summed E-state index contributed by atoms with van der Waals surface area (Å²) in [6.07, 6.45) is 6.19. The van der Waals surface area contributed by atoms with Crippen LogP contribution >= 0.6 is 0 Å². The van der Waals surface area contributed by atoms with E-state index in [-0.39, 0.29) is 24.7 Å². The Hall–Kier alpha value is -4.60. The molecule has 0 fully saturated rings. The number of rotatable bonds is 12. The van der Waals surface area contributed by atoms with E-state index in [4.69, 9.17) is 0 Å². The van der Waals surface area contributed by atoms with E-state index >= 15 is 0 Å². The summed E-state index contributed by atoms with van der Waals surface area (Å²) in [5.74, 6) is -2.05. The molecule has 0 aromatic carbocycles. The van der Waals surface area contributed by atoms with Gasteiger partial charge in [-0.2, -0.15) is 0 Å². The molecule has 6 N–H and O–H groups in total. The second-order valence-electron chi connectivity index (χ2n) is 11.1. The summed E-state index contributed by atoms with van der Waals surface area (Å²) in [5, 5.41) is 24.7. The molecular formula is C33H40N4O6. The lowest BCUT2D eigenvalue weighted by molar-refractivity contribution is -0.138. The van der Waals surface area contributed by atoms with Crippen LogP contribution in [0.5, 0.6) is 0 Å². The van der Waals surface area contributed by atoms with Crippen LogP contribution in [0.2, 0.25) is 0 Å². The predicted octanol–water partition coefficient (Wildman–Crippen LogP) is 4.98. The first-order chi connectivity index (χ1) is 20.4. The number of hydrogen-bond acceptors (Lipinski definition) is 4. The van der Waals surface area contributed by atoms with Gasteiger partial charge in [-0.25, -0.2) is 0 Å². The maximum absolute atomic E-state index is 12.4. The Labute approximate surface area is 251 Å². The first-order valence-electron chi connectivity index (χ1n) is 14.7. The molecule has 0 bridgehead atoms. The molecule has 0 unspecified atom stereocenters. The molecule has 2 aliphatic rings. The zero-order valence-electron chi connectivity index (χ0n) is 25.6. The van der Waals surface area contributed by atoms with Crippen LogP contribution < -0.4 is 10.6 Å². The number of aromatic nitrogens is 2. The number of hydrogen-bond donors (Lipinski definition) is 6. The molecule has 0 spiro atoms. The second-order valence-corrected chi connectivity index (χ2v) is 11.1. The van der Waals surface area contributed by atoms with Crippen molar-refractivity contribution in [2.24, 2.45) is 0 Å². The Bertz CT molecular complexity index is 1520. The van der Waals surface area contributed by atoms with Crippen LogP contribution in [0.25, 0.3) is 12.2 Å². The standard InChI is InChI=1S/C33H40N4O6/c1-7-20-18(5)32(42)36-26(20)14-28-22(9-11-30(38)39)16(3)24(34-28)13-25-17(4)23(10-12-31(40)41)29(35-25)15-27-21(8-2)19(6)33(43)37-27/h14-15,34-35H,7-13H2,1-6H3,(H,36,42)(H,37,43)(H,38,39)(H,40,41)/b26-14-,27-15-. The number of amides is 2. The van der Waals surface area contributed by atoms with Crippen LogP contribution in [0.3, 0.4) is 0 Å². The van der Waals surface area contributed by atoms with Crippen molar-refractivity contribution < 1.29 is 29.4 Å². The largest absolute Gasteiger partial charge is 0.481 e. The smallest absolute Gasteiger partial charge is 0.303 e. The van der Waals surface area contributed by atoms with Gasteiger partial charge in [0.2, 0.25) is 0 Å². The lowest BCUT2D eigenvalue weighted by Crippen LogP contribution is -2.15. The fourth-order valence-corrected chi connectivity index (χ4v) is 6.02. The second kappa shape index (κ2) is 12.7. The van der Waals surface area contributed by atoms with E-state index in [1.54, 1.807) is 13.8 Å². The molecule has 0 atom stereocenters. The molecular weight excluding hydrogens is 548 g/mol. The number of carbonyl (C=O) groups is 4. The van der Waals surface area contributed by atoms with Gasteiger partial charge in [-0.05, 0) is 98.9 Å². The Morgan fingerprint density at radius 1 is 0.674 bits per heavy atom. The van der Waals surface area contributed by atoms with Crippen molar-refractivity contribution in [1.29, 1.82) is 0 Å². The van der Waals surface area contributed by atoms with Crippen LogP contribution in [-0.4, -0.2) is 43.9 Å². The molecule has 10 heteroatoms. The van der Waals surface area contributed by atoms with Gasteiger partial charge < -0.3 is 30.8 Å². The van der Waals surface area contributed by atoms with E-state index in [1.807, 2.05) is 39.8 Å². The van der Waals surface area contributed by atoms with Crippen molar-refractivity contribution in [3.8, 4) is 0 Å². The van der Waals surface area contributed by atoms with Crippen molar-refractivity contribution in [2.45, 2.75) is 86.5 Å². The lowest BCUT2D eigenvalue weighted by atomic mass is 9.99. The Balaban J connectivity index is 1.78. The third-order valence-electron chi connectivity index (χ3n) is 8.58. The number of H-pyrrole nitrogens is 2. The van der Waals surface area contributed by atoms with Crippen LogP contribution in [-0.2, 0) is 38.4 Å². The van der Waals surface area contributed by atoms with E-state index in [1.165, 1.54) is 0 Å². The van der Waals surface area contributed by atoms with Gasteiger partial charge in [0.25, 0.3) is 11.8 Å². The number of aliphatic carboxylic acids is 2. The van der Waals surface area contributed by atoms with Crippen LogP contribution in [0.1, 0.15) is 98.4 Å². The highest BCUT2D eigenvalue weighted by Crippen LogP contribution is 2.32. The summed E-state index contributed by atoms with van der Waals surface area (Å²) < 4.78 is 0. The Kier molecular flexibility index (Phi) is 9.27. The summed E-state index contributed by atoms with van der Waals surface area (Å²) in [5.41, 5.74) is 11.6. The molecule has 228 valence electrons. The van der Waals surface area contributed by atoms with Crippen LogP contribution in [0, 0.1) is 13.8 Å². The fraction of sp³-hybridized carbons (Fsp3) is 0.394. The Morgan fingerprint density at radius 2 is 1.05 bits per heavy atom. The van der Waals surface area contributed by atoms with Gasteiger partial charge >= 0.3 is 11.9 Å². The van der Waals surface area contributed by atoms with Gasteiger partial charge in [0.05, 0.1) is 0 Å². The molecule has 43 heavy (non-hydrogen) atoms. The van der Waals surface area contributed by atoms with Crippen molar-refractivity contribution in [3.63, 3.8) is 0 Å². The topological polar surface area (TPSA) is 164 Å². The highest BCUT2D eigenvalue weighted by molar-refractivity contribution is 6.01. The zero-order chi connectivity index (χ0) is 31.6. The quantitative estimate of drug-likeness (QED) is 0.205. The van der Waals surface area contributed by atoms with Gasteiger partial charge in [-0.3, -0.25) is 19.2 Å². The van der Waals surface area contributed by atoms with Crippen molar-refractivity contribution >= 4 is 35.9 Å². The van der Waals surface area contributed by atoms with E-state index < -0.39 is 11.9 Å². The molecule has 0 saturated carbocycles. The van der Waals surface area contributed by atoms with E-state index in [0.717, 1.165) is 56.2 Å². The maximum atomic E-state index is 12.4. The number of carboxylic acids is 2. The highest BCUT2D eigenvalue weighted by Gasteiger charge is 2.26. The molecule has 2 aliphatic heterocycles. The van der Waals surface area contributed by atoms with Gasteiger partial charge in [0.1, 0.15) is 0 Å². The number of allylic oxidation sites excluding steroid dienone is 2. The average Bonchev–Trinajstić information content (AvgIpc) is 3.59. The molecule has 0 saturated heterocycles. The van der Waals surface area contributed by atoms with Crippen molar-refractivity contribution in [2.75, 3.05) is 0 Å². The summed E-state index contributed by atoms with van der Waals surface area (Å²) >= 11 is 0. The molecule has 2 aromatic rings.